The summed E-state index contributed by atoms with van der Waals surface area (Å²) in [5.41, 5.74) is 2.24. The molecule has 3 aromatic rings. The van der Waals surface area contributed by atoms with Gasteiger partial charge in [-0.1, -0.05) is 29.8 Å². The van der Waals surface area contributed by atoms with Crippen molar-refractivity contribution in [3.8, 4) is 0 Å². The van der Waals surface area contributed by atoms with Crippen LogP contribution in [0.1, 0.15) is 42.9 Å². The summed E-state index contributed by atoms with van der Waals surface area (Å²) < 4.78 is 11.1. The summed E-state index contributed by atoms with van der Waals surface area (Å²) in [5, 5.41) is 9.71. The molecule has 0 radical (unpaired) electrons. The van der Waals surface area contributed by atoms with Crippen LogP contribution in [0, 0.1) is 0 Å². The zero-order chi connectivity index (χ0) is 18.8. The first-order valence-corrected chi connectivity index (χ1v) is 8.29. The Morgan fingerprint density at radius 1 is 1.15 bits per heavy atom. The molecule has 0 aliphatic carbocycles. The number of carboxylic acid groups (broad SMARTS) is 1. The number of nitrogens with zero attached hydrogens (tertiary/aromatic N) is 1. The number of halogens is 1. The van der Waals surface area contributed by atoms with E-state index in [-0.39, 0.29) is 5.89 Å². The molecule has 2 atom stereocenters. The molecule has 0 amide bonds. The Morgan fingerprint density at radius 3 is 2.42 bits per heavy atom. The number of fused-ring (bicyclic) bond motifs is 1. The number of esters is 1. The van der Waals surface area contributed by atoms with E-state index in [1.54, 1.807) is 49.4 Å². The van der Waals surface area contributed by atoms with Crippen LogP contribution in [-0.4, -0.2) is 22.0 Å². The highest BCUT2D eigenvalue weighted by Crippen LogP contribution is 2.30. The predicted octanol–water partition coefficient (Wildman–Crippen LogP) is 4.32. The van der Waals surface area contributed by atoms with Crippen molar-refractivity contribution in [2.75, 3.05) is 0 Å². The second-order valence-corrected chi connectivity index (χ2v) is 6.32. The molecule has 7 heteroatoms. The Morgan fingerprint density at radius 2 is 1.81 bits per heavy atom. The minimum atomic E-state index is -0.928. The number of ether oxygens (including phenoxy) is 1. The standard InChI is InChI=1S/C19H16ClNO5/c1-10(19(23)24)13-5-8-15-16(9-13)26-18(21-15)17(25-11(2)22)12-3-6-14(20)7-4-12/h3-10,17H,1-2H3,(H,23,24). The van der Waals surface area contributed by atoms with E-state index in [4.69, 9.17) is 25.9 Å². The fourth-order valence-corrected chi connectivity index (χ4v) is 2.67. The molecule has 0 spiro atoms. The normalized spacial score (nSPS) is 13.3. The molecule has 0 bridgehead atoms. The van der Waals surface area contributed by atoms with Crippen LogP contribution < -0.4 is 0 Å². The molecule has 0 saturated heterocycles. The molecule has 26 heavy (non-hydrogen) atoms. The first kappa shape index (κ1) is 17.9. The lowest BCUT2D eigenvalue weighted by Crippen LogP contribution is -2.10. The number of oxazole rings is 1. The third kappa shape index (κ3) is 3.70. The zero-order valence-electron chi connectivity index (χ0n) is 14.1. The summed E-state index contributed by atoms with van der Waals surface area (Å²) >= 11 is 5.91. The van der Waals surface area contributed by atoms with Gasteiger partial charge in [-0.05, 0) is 36.8 Å². The SMILES string of the molecule is CC(=O)OC(c1ccc(Cl)cc1)c1nc2ccc(C(C)C(=O)O)cc2o1. The molecule has 3 rings (SSSR count). The van der Waals surface area contributed by atoms with Gasteiger partial charge in [0.2, 0.25) is 12.0 Å². The van der Waals surface area contributed by atoms with Crippen molar-refractivity contribution in [2.24, 2.45) is 0 Å². The Labute approximate surface area is 154 Å². The smallest absolute Gasteiger partial charge is 0.310 e. The van der Waals surface area contributed by atoms with Crippen molar-refractivity contribution < 1.29 is 23.8 Å². The second-order valence-electron chi connectivity index (χ2n) is 5.88. The Bertz CT molecular complexity index is 964. The van der Waals surface area contributed by atoms with E-state index >= 15 is 0 Å². The van der Waals surface area contributed by atoms with Crippen LogP contribution in [0.4, 0.5) is 0 Å². The summed E-state index contributed by atoms with van der Waals surface area (Å²) in [7, 11) is 0. The summed E-state index contributed by atoms with van der Waals surface area (Å²) in [4.78, 5) is 27.1. The molecular formula is C19H16ClNO5. The maximum Gasteiger partial charge on any atom is 0.310 e. The van der Waals surface area contributed by atoms with E-state index in [0.717, 1.165) is 0 Å². The third-order valence-electron chi connectivity index (χ3n) is 3.98. The molecule has 0 aliphatic heterocycles. The maximum atomic E-state index is 11.5. The van der Waals surface area contributed by atoms with Crippen molar-refractivity contribution in [3.05, 3.63) is 64.5 Å². The van der Waals surface area contributed by atoms with Gasteiger partial charge in [0.15, 0.2) is 5.58 Å². The second kappa shape index (κ2) is 7.17. The Hall–Kier alpha value is -2.86. The molecule has 134 valence electrons. The molecule has 2 aromatic carbocycles. The van der Waals surface area contributed by atoms with Gasteiger partial charge in [0.25, 0.3) is 0 Å². The van der Waals surface area contributed by atoms with Gasteiger partial charge in [0.1, 0.15) is 5.52 Å². The van der Waals surface area contributed by atoms with Gasteiger partial charge in [0, 0.05) is 17.5 Å². The van der Waals surface area contributed by atoms with E-state index < -0.39 is 24.0 Å². The number of carbonyl (C=O) groups excluding carboxylic acids is 1. The average molecular weight is 374 g/mol. The summed E-state index contributed by atoms with van der Waals surface area (Å²) in [6, 6.07) is 11.8. The number of hydrogen-bond acceptors (Lipinski definition) is 5. The average Bonchev–Trinajstić information content (AvgIpc) is 3.02. The van der Waals surface area contributed by atoms with Crippen LogP contribution in [0.2, 0.25) is 5.02 Å². The molecule has 1 heterocycles. The van der Waals surface area contributed by atoms with E-state index in [0.29, 0.717) is 27.2 Å². The Balaban J connectivity index is 2.03. The molecule has 2 unspecified atom stereocenters. The molecule has 0 aliphatic rings. The minimum Gasteiger partial charge on any atom is -0.481 e. The van der Waals surface area contributed by atoms with Crippen LogP contribution >= 0.6 is 11.6 Å². The van der Waals surface area contributed by atoms with E-state index in [1.807, 2.05) is 0 Å². The first-order valence-electron chi connectivity index (χ1n) is 7.91. The van der Waals surface area contributed by atoms with E-state index in [9.17, 15) is 9.59 Å². The van der Waals surface area contributed by atoms with Crippen LogP contribution in [0.15, 0.2) is 46.9 Å². The highest BCUT2D eigenvalue weighted by Gasteiger charge is 2.24. The quantitative estimate of drug-likeness (QED) is 0.670. The fourth-order valence-electron chi connectivity index (χ4n) is 2.55. The fraction of sp³-hybridized carbons (Fsp3) is 0.211. The van der Waals surface area contributed by atoms with E-state index in [1.165, 1.54) is 6.92 Å². The van der Waals surface area contributed by atoms with Gasteiger partial charge in [0.05, 0.1) is 5.92 Å². The maximum absolute atomic E-state index is 11.5. The van der Waals surface area contributed by atoms with Crippen molar-refractivity contribution in [1.29, 1.82) is 0 Å². The number of carbonyl (C=O) groups is 2. The number of aromatic nitrogens is 1. The summed E-state index contributed by atoms with van der Waals surface area (Å²) in [5.74, 6) is -1.87. The molecule has 0 saturated carbocycles. The van der Waals surface area contributed by atoms with Crippen LogP contribution in [-0.2, 0) is 14.3 Å². The van der Waals surface area contributed by atoms with Crippen molar-refractivity contribution in [3.63, 3.8) is 0 Å². The van der Waals surface area contributed by atoms with Crippen molar-refractivity contribution in [1.82, 2.24) is 4.98 Å². The summed E-state index contributed by atoms with van der Waals surface area (Å²) in [6.07, 6.45) is -0.822. The number of carboxylic acids is 1. The topological polar surface area (TPSA) is 89.6 Å². The van der Waals surface area contributed by atoms with Crippen LogP contribution in [0.5, 0.6) is 0 Å². The molecular weight excluding hydrogens is 358 g/mol. The monoisotopic (exact) mass is 373 g/mol. The molecule has 1 aromatic heterocycles. The summed E-state index contributed by atoms with van der Waals surface area (Å²) in [6.45, 7) is 2.90. The predicted molar refractivity (Wildman–Crippen MR) is 95.1 cm³/mol. The number of hydrogen-bond donors (Lipinski definition) is 1. The highest BCUT2D eigenvalue weighted by atomic mass is 35.5. The largest absolute Gasteiger partial charge is 0.481 e. The molecule has 6 nitrogen and oxygen atoms in total. The van der Waals surface area contributed by atoms with Gasteiger partial charge < -0.3 is 14.3 Å². The van der Waals surface area contributed by atoms with Crippen LogP contribution in [0.25, 0.3) is 11.1 Å². The lowest BCUT2D eigenvalue weighted by molar-refractivity contribution is -0.145. The van der Waals surface area contributed by atoms with Crippen molar-refractivity contribution in [2.45, 2.75) is 25.9 Å². The third-order valence-corrected chi connectivity index (χ3v) is 4.23. The molecule has 1 N–H and O–H groups in total. The highest BCUT2D eigenvalue weighted by molar-refractivity contribution is 6.30. The van der Waals surface area contributed by atoms with Gasteiger partial charge in [-0.3, -0.25) is 9.59 Å². The van der Waals surface area contributed by atoms with E-state index in [2.05, 4.69) is 4.98 Å². The van der Waals surface area contributed by atoms with Gasteiger partial charge in [-0.15, -0.1) is 0 Å². The van der Waals surface area contributed by atoms with Crippen LogP contribution in [0.3, 0.4) is 0 Å². The molecule has 0 fully saturated rings. The Kier molecular flexibility index (Phi) is 4.95. The number of rotatable bonds is 5. The minimum absolute atomic E-state index is 0.206. The lowest BCUT2D eigenvalue weighted by Gasteiger charge is -2.13. The van der Waals surface area contributed by atoms with Gasteiger partial charge >= 0.3 is 11.9 Å². The lowest BCUT2D eigenvalue weighted by atomic mass is 10.0. The van der Waals surface area contributed by atoms with Gasteiger partial charge in [-0.25, -0.2) is 4.98 Å². The first-order chi connectivity index (χ1) is 12.3. The zero-order valence-corrected chi connectivity index (χ0v) is 14.9. The number of benzene rings is 2. The van der Waals surface area contributed by atoms with Gasteiger partial charge in [-0.2, -0.15) is 0 Å². The van der Waals surface area contributed by atoms with Crippen molar-refractivity contribution >= 4 is 34.6 Å². The number of aliphatic carboxylic acids is 1.